The van der Waals surface area contributed by atoms with Gasteiger partial charge in [0.1, 0.15) is 6.29 Å². The molecule has 0 aliphatic heterocycles. The van der Waals surface area contributed by atoms with Crippen molar-refractivity contribution >= 4 is 6.29 Å². The predicted molar refractivity (Wildman–Crippen MR) is 109 cm³/mol. The molecule has 0 unspecified atom stereocenters. The Balaban J connectivity index is 0.000000206. The molecule has 4 aromatic carbocycles. The number of benzene rings is 4. The summed E-state index contributed by atoms with van der Waals surface area (Å²) < 4.78 is 0. The van der Waals surface area contributed by atoms with E-state index in [2.05, 4.69) is 72.8 Å². The first-order chi connectivity index (χ1) is 12.9. The van der Waals surface area contributed by atoms with E-state index >= 15 is 0 Å². The summed E-state index contributed by atoms with van der Waals surface area (Å²) in [6, 6.07) is 38.7. The van der Waals surface area contributed by atoms with Gasteiger partial charge in [-0.2, -0.15) is 0 Å². The Morgan fingerprint density at radius 1 is 0.385 bits per heavy atom. The molecule has 4 aromatic rings. The normalized spacial score (nSPS) is 9.69. The van der Waals surface area contributed by atoms with Crippen LogP contribution in [0.1, 0.15) is 10.4 Å². The second kappa shape index (κ2) is 9.14. The van der Waals surface area contributed by atoms with E-state index in [9.17, 15) is 4.79 Å². The topological polar surface area (TPSA) is 17.1 Å². The molecule has 0 radical (unpaired) electrons. The monoisotopic (exact) mass is 336 g/mol. The van der Waals surface area contributed by atoms with Crippen LogP contribution >= 0.6 is 0 Å². The summed E-state index contributed by atoms with van der Waals surface area (Å²) in [5, 5.41) is 0. The van der Waals surface area contributed by atoms with Crippen molar-refractivity contribution in [1.82, 2.24) is 0 Å². The van der Waals surface area contributed by atoms with E-state index in [1.807, 2.05) is 30.3 Å². The highest BCUT2D eigenvalue weighted by Gasteiger charge is 1.98. The fourth-order valence-corrected chi connectivity index (χ4v) is 2.65. The number of hydrogen-bond acceptors (Lipinski definition) is 1. The van der Waals surface area contributed by atoms with Crippen molar-refractivity contribution in [2.24, 2.45) is 0 Å². The van der Waals surface area contributed by atoms with Crippen LogP contribution < -0.4 is 0 Å². The van der Waals surface area contributed by atoms with E-state index in [1.54, 1.807) is 12.1 Å². The van der Waals surface area contributed by atoms with Gasteiger partial charge >= 0.3 is 0 Å². The van der Waals surface area contributed by atoms with Gasteiger partial charge in [-0.1, -0.05) is 115 Å². The van der Waals surface area contributed by atoms with Crippen molar-refractivity contribution in [2.75, 3.05) is 0 Å². The summed E-state index contributed by atoms with van der Waals surface area (Å²) in [6.45, 7) is 0. The Bertz CT molecular complexity index is 853. The summed E-state index contributed by atoms with van der Waals surface area (Å²) in [4.78, 5) is 10.0. The maximum Gasteiger partial charge on any atom is 0.150 e. The third kappa shape index (κ3) is 4.78. The summed E-state index contributed by atoms with van der Waals surface area (Å²) in [5.41, 5.74) is 5.77. The van der Waals surface area contributed by atoms with E-state index in [-0.39, 0.29) is 0 Å². The molecule has 126 valence electrons. The zero-order chi connectivity index (χ0) is 18.0. The molecule has 0 bridgehead atoms. The predicted octanol–water partition coefficient (Wildman–Crippen LogP) is 6.52. The van der Waals surface area contributed by atoms with Gasteiger partial charge in [-0.05, 0) is 22.3 Å². The molecular weight excluding hydrogens is 316 g/mol. The maximum absolute atomic E-state index is 10.0. The van der Waals surface area contributed by atoms with Gasteiger partial charge in [-0.15, -0.1) is 0 Å². The maximum atomic E-state index is 10.0. The largest absolute Gasteiger partial charge is 0.298 e. The SMILES string of the molecule is O=Cc1ccccc1.c1ccc(-c2ccc(-c3ccccc3)cc2)cc1. The molecule has 26 heavy (non-hydrogen) atoms. The zero-order valence-corrected chi connectivity index (χ0v) is 14.5. The van der Waals surface area contributed by atoms with Gasteiger partial charge in [0.25, 0.3) is 0 Å². The highest BCUT2D eigenvalue weighted by atomic mass is 16.1. The van der Waals surface area contributed by atoms with Crippen LogP contribution in [0.4, 0.5) is 0 Å². The number of aldehydes is 1. The van der Waals surface area contributed by atoms with Crippen molar-refractivity contribution in [1.29, 1.82) is 0 Å². The van der Waals surface area contributed by atoms with Crippen LogP contribution in [-0.2, 0) is 0 Å². The Hall–Kier alpha value is -3.45. The van der Waals surface area contributed by atoms with Crippen molar-refractivity contribution in [2.45, 2.75) is 0 Å². The van der Waals surface area contributed by atoms with E-state index < -0.39 is 0 Å². The zero-order valence-electron chi connectivity index (χ0n) is 14.5. The highest BCUT2D eigenvalue weighted by molar-refractivity contribution is 5.74. The van der Waals surface area contributed by atoms with Crippen LogP contribution in [0.15, 0.2) is 115 Å². The van der Waals surface area contributed by atoms with Gasteiger partial charge in [0.15, 0.2) is 0 Å². The molecule has 0 saturated carbocycles. The van der Waals surface area contributed by atoms with Crippen molar-refractivity contribution in [3.63, 3.8) is 0 Å². The van der Waals surface area contributed by atoms with Gasteiger partial charge in [0, 0.05) is 5.56 Å². The third-order valence-corrected chi connectivity index (χ3v) is 4.03. The summed E-state index contributed by atoms with van der Waals surface area (Å²) in [7, 11) is 0. The number of carbonyl (C=O) groups excluding carboxylic acids is 1. The molecule has 0 aromatic heterocycles. The Morgan fingerprint density at radius 3 is 1.00 bits per heavy atom. The van der Waals surface area contributed by atoms with E-state index in [1.165, 1.54) is 22.3 Å². The molecule has 0 atom stereocenters. The molecule has 0 fully saturated rings. The molecule has 0 saturated heterocycles. The lowest BCUT2D eigenvalue weighted by molar-refractivity contribution is 0.112. The molecule has 0 aliphatic carbocycles. The smallest absolute Gasteiger partial charge is 0.150 e. The summed E-state index contributed by atoms with van der Waals surface area (Å²) in [6.07, 6.45) is 0.833. The standard InChI is InChI=1S/C18H14.C7H6O/c1-3-7-15(8-4-1)17-11-13-18(14-12-17)16-9-5-2-6-10-16;8-6-7-4-2-1-3-5-7/h1-14H;1-6H. The molecule has 0 aliphatic rings. The first-order valence-corrected chi connectivity index (χ1v) is 8.58. The molecule has 1 heteroatoms. The summed E-state index contributed by atoms with van der Waals surface area (Å²) >= 11 is 0. The third-order valence-electron chi connectivity index (χ3n) is 4.03. The number of rotatable bonds is 3. The molecular formula is C25H20O. The molecule has 4 rings (SSSR count). The van der Waals surface area contributed by atoms with Crippen LogP contribution in [-0.4, -0.2) is 6.29 Å². The first-order valence-electron chi connectivity index (χ1n) is 8.58. The van der Waals surface area contributed by atoms with Gasteiger partial charge in [0.2, 0.25) is 0 Å². The molecule has 0 N–H and O–H groups in total. The average molecular weight is 336 g/mol. The van der Waals surface area contributed by atoms with Crippen LogP contribution in [0.3, 0.4) is 0 Å². The summed E-state index contributed by atoms with van der Waals surface area (Å²) in [5.74, 6) is 0. The fraction of sp³-hybridized carbons (Fsp3) is 0. The Labute approximate surface area is 154 Å². The van der Waals surface area contributed by atoms with Crippen molar-refractivity contribution in [3.8, 4) is 22.3 Å². The lowest BCUT2D eigenvalue weighted by atomic mass is 10.0. The molecule has 0 heterocycles. The molecule has 0 amide bonds. The lowest BCUT2D eigenvalue weighted by Gasteiger charge is -2.04. The minimum absolute atomic E-state index is 0.729. The van der Waals surface area contributed by atoms with Crippen molar-refractivity contribution < 1.29 is 4.79 Å². The van der Waals surface area contributed by atoms with E-state index in [4.69, 9.17) is 0 Å². The van der Waals surface area contributed by atoms with E-state index in [0.29, 0.717) is 0 Å². The van der Waals surface area contributed by atoms with Crippen LogP contribution in [0.5, 0.6) is 0 Å². The molecule has 1 nitrogen and oxygen atoms in total. The van der Waals surface area contributed by atoms with Crippen LogP contribution in [0, 0.1) is 0 Å². The minimum Gasteiger partial charge on any atom is -0.298 e. The second-order valence-corrected chi connectivity index (χ2v) is 5.84. The Morgan fingerprint density at radius 2 is 0.692 bits per heavy atom. The van der Waals surface area contributed by atoms with Gasteiger partial charge in [0.05, 0.1) is 0 Å². The van der Waals surface area contributed by atoms with Gasteiger partial charge < -0.3 is 0 Å². The number of hydrogen-bond donors (Lipinski definition) is 0. The minimum atomic E-state index is 0.729. The van der Waals surface area contributed by atoms with Gasteiger partial charge in [-0.3, -0.25) is 4.79 Å². The van der Waals surface area contributed by atoms with Crippen molar-refractivity contribution in [3.05, 3.63) is 121 Å². The number of carbonyl (C=O) groups is 1. The van der Waals surface area contributed by atoms with E-state index in [0.717, 1.165) is 11.8 Å². The van der Waals surface area contributed by atoms with Gasteiger partial charge in [-0.25, -0.2) is 0 Å². The fourth-order valence-electron chi connectivity index (χ4n) is 2.65. The first kappa shape index (κ1) is 17.4. The quantitative estimate of drug-likeness (QED) is 0.389. The Kier molecular flexibility index (Phi) is 6.11. The van der Waals surface area contributed by atoms with Crippen LogP contribution in [0.25, 0.3) is 22.3 Å². The molecule has 0 spiro atoms. The second-order valence-electron chi connectivity index (χ2n) is 5.84. The lowest BCUT2D eigenvalue weighted by Crippen LogP contribution is -1.79. The highest BCUT2D eigenvalue weighted by Crippen LogP contribution is 2.24. The van der Waals surface area contributed by atoms with Crippen LogP contribution in [0.2, 0.25) is 0 Å². The average Bonchev–Trinajstić information content (AvgIpc) is 2.76.